The predicted molar refractivity (Wildman–Crippen MR) is 74.4 cm³/mol. The van der Waals surface area contributed by atoms with Crippen molar-refractivity contribution in [3.8, 4) is 0 Å². The van der Waals surface area contributed by atoms with E-state index in [1.807, 2.05) is 12.3 Å². The Balaban J connectivity index is 2.25. The second-order valence-corrected chi connectivity index (χ2v) is 7.24. The lowest BCUT2D eigenvalue weighted by Gasteiger charge is -2.02. The molecule has 0 atom stereocenters. The quantitative estimate of drug-likeness (QED) is 0.812. The van der Waals surface area contributed by atoms with Crippen LogP contribution < -0.4 is 0 Å². The van der Waals surface area contributed by atoms with Crippen LogP contribution in [0.25, 0.3) is 0 Å². The molecule has 6 heteroatoms. The summed E-state index contributed by atoms with van der Waals surface area (Å²) in [6.07, 6.45) is 1.33. The zero-order valence-electron chi connectivity index (χ0n) is 10.6. The van der Waals surface area contributed by atoms with Gasteiger partial charge in [0.1, 0.15) is 5.01 Å². The monoisotopic (exact) mass is 295 g/mol. The number of benzene rings is 1. The van der Waals surface area contributed by atoms with Gasteiger partial charge in [-0.1, -0.05) is 12.1 Å². The molecule has 0 saturated heterocycles. The lowest BCUT2D eigenvalue weighted by molar-refractivity contribution is 0.0992. The molecule has 2 aromatic rings. The summed E-state index contributed by atoms with van der Waals surface area (Å²) in [5.74, 6) is -0.125. The summed E-state index contributed by atoms with van der Waals surface area (Å²) in [5.41, 5.74) is 1.29. The second-order valence-electron chi connectivity index (χ2n) is 4.28. The molecule has 0 N–H and O–H groups in total. The molecule has 0 saturated carbocycles. The molecule has 0 bridgehead atoms. The molecule has 0 radical (unpaired) electrons. The first-order chi connectivity index (χ1) is 8.86. The van der Waals surface area contributed by atoms with Crippen molar-refractivity contribution in [1.82, 2.24) is 4.98 Å². The summed E-state index contributed by atoms with van der Waals surface area (Å²) in [6.45, 7) is 1.87. The van der Waals surface area contributed by atoms with Crippen molar-refractivity contribution < 1.29 is 13.2 Å². The minimum atomic E-state index is -3.29. The highest BCUT2D eigenvalue weighted by Crippen LogP contribution is 2.15. The molecular weight excluding hydrogens is 282 g/mol. The number of thiazole rings is 1. The van der Waals surface area contributed by atoms with Crippen molar-refractivity contribution in [2.45, 2.75) is 18.2 Å². The van der Waals surface area contributed by atoms with Crippen LogP contribution in [-0.4, -0.2) is 25.4 Å². The van der Waals surface area contributed by atoms with Crippen molar-refractivity contribution in [3.63, 3.8) is 0 Å². The van der Waals surface area contributed by atoms with Crippen molar-refractivity contribution in [3.05, 3.63) is 45.9 Å². The maximum atomic E-state index is 12.1. The minimum Gasteiger partial charge on any atom is -0.294 e. The first-order valence-electron chi connectivity index (χ1n) is 5.60. The van der Waals surface area contributed by atoms with Crippen molar-refractivity contribution in [2.75, 3.05) is 6.26 Å². The maximum Gasteiger partial charge on any atom is 0.175 e. The van der Waals surface area contributed by atoms with Gasteiger partial charge in [-0.25, -0.2) is 13.4 Å². The lowest BCUT2D eigenvalue weighted by atomic mass is 10.1. The fourth-order valence-electron chi connectivity index (χ4n) is 1.62. The van der Waals surface area contributed by atoms with Crippen LogP contribution >= 0.6 is 11.3 Å². The van der Waals surface area contributed by atoms with Gasteiger partial charge in [0.2, 0.25) is 0 Å². The molecule has 19 heavy (non-hydrogen) atoms. The fourth-order valence-corrected chi connectivity index (χ4v) is 3.06. The van der Waals surface area contributed by atoms with Gasteiger partial charge in [-0.15, -0.1) is 11.3 Å². The van der Waals surface area contributed by atoms with Crippen LogP contribution in [0.15, 0.2) is 34.5 Å². The summed E-state index contributed by atoms with van der Waals surface area (Å²) in [7, 11) is -3.29. The second kappa shape index (κ2) is 5.22. The van der Waals surface area contributed by atoms with Gasteiger partial charge < -0.3 is 0 Å². The largest absolute Gasteiger partial charge is 0.294 e. The standard InChI is InChI=1S/C13H13NO3S2/c1-9-8-18-13(14-9)7-12(15)10-4-3-5-11(6-10)19(2,16)17/h3-6,8H,7H2,1-2H3. The summed E-state index contributed by atoms with van der Waals surface area (Å²) in [6, 6.07) is 6.10. The van der Waals surface area contributed by atoms with Gasteiger partial charge in [-0.3, -0.25) is 4.79 Å². The molecule has 0 unspecified atom stereocenters. The average Bonchev–Trinajstić information content (AvgIpc) is 2.74. The number of rotatable bonds is 4. The number of ketones is 1. The van der Waals surface area contributed by atoms with E-state index in [1.54, 1.807) is 12.1 Å². The number of sulfone groups is 1. The first kappa shape index (κ1) is 13.9. The number of carbonyl (C=O) groups excluding carboxylic acids is 1. The summed E-state index contributed by atoms with van der Waals surface area (Å²) >= 11 is 1.43. The third kappa shape index (κ3) is 3.48. The Kier molecular flexibility index (Phi) is 3.82. The van der Waals surface area contributed by atoms with Crippen LogP contribution in [0.4, 0.5) is 0 Å². The number of aryl methyl sites for hydroxylation is 1. The molecule has 1 aromatic heterocycles. The van der Waals surface area contributed by atoms with E-state index in [9.17, 15) is 13.2 Å². The Morgan fingerprint density at radius 1 is 1.37 bits per heavy atom. The van der Waals surface area contributed by atoms with Crippen molar-refractivity contribution in [2.24, 2.45) is 0 Å². The normalized spacial score (nSPS) is 11.5. The topological polar surface area (TPSA) is 64.1 Å². The number of hydrogen-bond donors (Lipinski definition) is 0. The summed E-state index contributed by atoms with van der Waals surface area (Å²) in [4.78, 5) is 16.5. The number of nitrogens with zero attached hydrogens (tertiary/aromatic N) is 1. The molecule has 0 aliphatic heterocycles. The fraction of sp³-hybridized carbons (Fsp3) is 0.231. The summed E-state index contributed by atoms with van der Waals surface area (Å²) in [5, 5.41) is 2.63. The number of hydrogen-bond acceptors (Lipinski definition) is 5. The molecule has 2 rings (SSSR count). The number of carbonyl (C=O) groups is 1. The van der Waals surface area contributed by atoms with Gasteiger partial charge in [-0.05, 0) is 19.1 Å². The van der Waals surface area contributed by atoms with E-state index in [0.29, 0.717) is 5.56 Å². The molecule has 0 amide bonds. The van der Waals surface area contributed by atoms with Crippen molar-refractivity contribution >= 4 is 27.0 Å². The SMILES string of the molecule is Cc1csc(CC(=O)c2cccc(S(C)(=O)=O)c2)n1. The zero-order chi connectivity index (χ0) is 14.0. The lowest BCUT2D eigenvalue weighted by Crippen LogP contribution is -2.05. The Morgan fingerprint density at radius 3 is 2.68 bits per heavy atom. The Hall–Kier alpha value is -1.53. The van der Waals surface area contributed by atoms with E-state index >= 15 is 0 Å². The van der Waals surface area contributed by atoms with E-state index in [4.69, 9.17) is 0 Å². The molecule has 4 nitrogen and oxygen atoms in total. The van der Waals surface area contributed by atoms with Gasteiger partial charge in [0, 0.05) is 22.9 Å². The number of aromatic nitrogens is 1. The molecule has 0 aliphatic rings. The van der Waals surface area contributed by atoms with E-state index in [-0.39, 0.29) is 17.1 Å². The van der Waals surface area contributed by atoms with Gasteiger partial charge in [0.05, 0.1) is 11.3 Å². The van der Waals surface area contributed by atoms with E-state index in [2.05, 4.69) is 4.98 Å². The first-order valence-corrected chi connectivity index (χ1v) is 8.38. The molecule has 0 fully saturated rings. The van der Waals surface area contributed by atoms with Gasteiger partial charge in [0.15, 0.2) is 15.6 Å². The smallest absolute Gasteiger partial charge is 0.175 e. The Morgan fingerprint density at radius 2 is 2.11 bits per heavy atom. The Labute approximate surface area is 116 Å². The molecule has 1 aromatic carbocycles. The van der Waals surface area contributed by atoms with Crippen LogP contribution in [0.3, 0.4) is 0 Å². The third-order valence-corrected chi connectivity index (χ3v) is 4.64. The van der Waals surface area contributed by atoms with Gasteiger partial charge in [-0.2, -0.15) is 0 Å². The molecule has 100 valence electrons. The van der Waals surface area contributed by atoms with Crippen LogP contribution in [0, 0.1) is 6.92 Å². The highest BCUT2D eigenvalue weighted by atomic mass is 32.2. The number of Topliss-reactive ketones (excluding diaryl/α,β-unsaturated/α-hetero) is 1. The highest BCUT2D eigenvalue weighted by molar-refractivity contribution is 7.90. The third-order valence-electron chi connectivity index (χ3n) is 2.56. The average molecular weight is 295 g/mol. The van der Waals surface area contributed by atoms with Crippen LogP contribution in [0.2, 0.25) is 0 Å². The van der Waals surface area contributed by atoms with Crippen LogP contribution in [0.1, 0.15) is 21.1 Å². The predicted octanol–water partition coefficient (Wildman–Crippen LogP) is 2.28. The van der Waals surface area contributed by atoms with Gasteiger partial charge in [0.25, 0.3) is 0 Å². The minimum absolute atomic E-state index is 0.125. The maximum absolute atomic E-state index is 12.1. The van der Waals surface area contributed by atoms with Crippen molar-refractivity contribution in [1.29, 1.82) is 0 Å². The molecular formula is C13H13NO3S2. The van der Waals surface area contributed by atoms with E-state index < -0.39 is 9.84 Å². The van der Waals surface area contributed by atoms with Crippen LogP contribution in [-0.2, 0) is 16.3 Å². The Bertz CT molecular complexity index is 717. The van der Waals surface area contributed by atoms with Gasteiger partial charge >= 0.3 is 0 Å². The zero-order valence-corrected chi connectivity index (χ0v) is 12.2. The molecule has 0 spiro atoms. The molecule has 1 heterocycles. The molecule has 0 aliphatic carbocycles. The van der Waals surface area contributed by atoms with E-state index in [1.165, 1.54) is 23.5 Å². The van der Waals surface area contributed by atoms with Crippen LogP contribution in [0.5, 0.6) is 0 Å². The van der Waals surface area contributed by atoms with E-state index in [0.717, 1.165) is 17.0 Å². The highest BCUT2D eigenvalue weighted by Gasteiger charge is 2.13. The summed E-state index contributed by atoms with van der Waals surface area (Å²) < 4.78 is 22.9.